The predicted molar refractivity (Wildman–Crippen MR) is 80.4 cm³/mol. The molecule has 1 rings (SSSR count). The number of hydrogen-bond donors (Lipinski definition) is 0. The average molecular weight is 299 g/mol. The van der Waals surface area contributed by atoms with E-state index in [9.17, 15) is 4.79 Å². The molecule has 0 aliphatic rings. The summed E-state index contributed by atoms with van der Waals surface area (Å²) < 4.78 is 4.88. The molecule has 0 atom stereocenters. The molecule has 0 spiro atoms. The van der Waals surface area contributed by atoms with Crippen molar-refractivity contribution in [3.8, 4) is 0 Å². The number of rotatable bonds is 5. The van der Waals surface area contributed by atoms with Gasteiger partial charge in [0.15, 0.2) is 0 Å². The van der Waals surface area contributed by atoms with E-state index in [2.05, 4.69) is 0 Å². The highest BCUT2D eigenvalue weighted by atomic mass is 35.5. The zero-order valence-electron chi connectivity index (χ0n) is 11.0. The van der Waals surface area contributed by atoms with Crippen LogP contribution in [0.25, 0.3) is 5.03 Å². The van der Waals surface area contributed by atoms with Crippen LogP contribution in [0.3, 0.4) is 0 Å². The Morgan fingerprint density at radius 3 is 2.42 bits per heavy atom. The van der Waals surface area contributed by atoms with Crippen molar-refractivity contribution in [3.63, 3.8) is 0 Å². The van der Waals surface area contributed by atoms with Crippen LogP contribution >= 0.6 is 23.2 Å². The smallest absolute Gasteiger partial charge is 0.335 e. The number of hydrogen-bond acceptors (Lipinski definition) is 2. The first-order valence-corrected chi connectivity index (χ1v) is 6.86. The number of carbonyl (C=O) groups is 1. The quantitative estimate of drug-likeness (QED) is 0.350. The zero-order chi connectivity index (χ0) is 14.3. The highest BCUT2D eigenvalue weighted by molar-refractivity contribution is 6.48. The number of ether oxygens (including phenoxy) is 1. The minimum absolute atomic E-state index is 0.0907. The first-order valence-electron chi connectivity index (χ1n) is 5.95. The molecule has 2 nitrogen and oxygen atoms in total. The van der Waals surface area contributed by atoms with Crippen molar-refractivity contribution in [1.29, 1.82) is 0 Å². The molecule has 4 heteroatoms. The number of carbonyl (C=O) groups excluding carboxylic acids is 1. The maximum absolute atomic E-state index is 11.5. The van der Waals surface area contributed by atoms with Gasteiger partial charge in [0.2, 0.25) is 0 Å². The van der Waals surface area contributed by atoms with Crippen LogP contribution in [0.4, 0.5) is 0 Å². The molecule has 0 radical (unpaired) electrons. The molecule has 0 aromatic heterocycles. The van der Waals surface area contributed by atoms with Gasteiger partial charge in [-0.15, -0.1) is 11.6 Å². The number of alkyl halides is 1. The predicted octanol–water partition coefficient (Wildman–Crippen LogP) is 4.30. The van der Waals surface area contributed by atoms with E-state index in [1.54, 1.807) is 19.1 Å². The third-order valence-electron chi connectivity index (χ3n) is 2.44. The second kappa shape index (κ2) is 8.03. The Morgan fingerprint density at radius 2 is 1.89 bits per heavy atom. The summed E-state index contributed by atoms with van der Waals surface area (Å²) in [6, 6.07) is 7.80. The van der Waals surface area contributed by atoms with Crippen molar-refractivity contribution < 1.29 is 9.53 Å². The first-order chi connectivity index (χ1) is 9.08. The summed E-state index contributed by atoms with van der Waals surface area (Å²) >= 11 is 11.9. The number of aryl methyl sites for hydroxylation is 1. The highest BCUT2D eigenvalue weighted by Crippen LogP contribution is 2.19. The number of allylic oxidation sites excluding steroid dienone is 2. The van der Waals surface area contributed by atoms with Crippen molar-refractivity contribution in [3.05, 3.63) is 53.1 Å². The SMILES string of the molecule is CCOC(=O)/C(=C/C=C(\Cl)c1ccc(C)cc1)CCl. The lowest BCUT2D eigenvalue weighted by Crippen LogP contribution is -2.08. The van der Waals surface area contributed by atoms with Crippen LogP contribution in [-0.2, 0) is 9.53 Å². The van der Waals surface area contributed by atoms with Crippen LogP contribution in [-0.4, -0.2) is 18.5 Å². The zero-order valence-corrected chi connectivity index (χ0v) is 12.5. The Hall–Kier alpha value is -1.25. The van der Waals surface area contributed by atoms with Crippen LogP contribution in [0.15, 0.2) is 42.0 Å². The van der Waals surface area contributed by atoms with Crippen molar-refractivity contribution in [2.24, 2.45) is 0 Å². The topological polar surface area (TPSA) is 26.3 Å². The summed E-state index contributed by atoms with van der Waals surface area (Å²) in [5.74, 6) is -0.324. The summed E-state index contributed by atoms with van der Waals surface area (Å²) in [6.07, 6.45) is 3.24. The fourth-order valence-corrected chi connectivity index (χ4v) is 1.76. The monoisotopic (exact) mass is 298 g/mol. The third kappa shape index (κ3) is 5.09. The fraction of sp³-hybridized carbons (Fsp3) is 0.267. The van der Waals surface area contributed by atoms with Gasteiger partial charge in [0.1, 0.15) is 0 Å². The second-order valence-corrected chi connectivity index (χ2v) is 4.60. The van der Waals surface area contributed by atoms with E-state index in [0.29, 0.717) is 17.2 Å². The summed E-state index contributed by atoms with van der Waals surface area (Å²) in [7, 11) is 0. The Labute approximate surface area is 123 Å². The molecule has 102 valence electrons. The summed E-state index contributed by atoms with van der Waals surface area (Å²) in [5, 5.41) is 0.548. The fourth-order valence-electron chi connectivity index (χ4n) is 1.37. The normalized spacial score (nSPS) is 12.4. The largest absolute Gasteiger partial charge is 0.463 e. The molecule has 0 unspecified atom stereocenters. The van der Waals surface area contributed by atoms with Gasteiger partial charge in [-0.05, 0) is 31.6 Å². The standard InChI is InChI=1S/C15H16Cl2O2/c1-3-19-15(18)13(10-16)8-9-14(17)12-6-4-11(2)5-7-12/h4-9H,3,10H2,1-2H3/b13-8+,14-9-. The maximum Gasteiger partial charge on any atom is 0.335 e. The number of benzene rings is 1. The molecule has 0 saturated carbocycles. The lowest BCUT2D eigenvalue weighted by molar-refractivity contribution is -0.138. The number of halogens is 2. The van der Waals surface area contributed by atoms with Gasteiger partial charge in [-0.25, -0.2) is 4.79 Å². The summed E-state index contributed by atoms with van der Waals surface area (Å²) in [4.78, 5) is 11.5. The maximum atomic E-state index is 11.5. The molecule has 0 amide bonds. The third-order valence-corrected chi connectivity index (χ3v) is 3.07. The lowest BCUT2D eigenvalue weighted by Gasteiger charge is -2.03. The van der Waals surface area contributed by atoms with E-state index < -0.39 is 5.97 Å². The molecular formula is C15H16Cl2O2. The van der Waals surface area contributed by atoms with Gasteiger partial charge in [-0.1, -0.05) is 41.4 Å². The molecule has 1 aromatic carbocycles. The Bertz CT molecular complexity index is 487. The molecule has 0 fully saturated rings. The molecule has 19 heavy (non-hydrogen) atoms. The molecule has 0 bridgehead atoms. The number of esters is 1. The van der Waals surface area contributed by atoms with Gasteiger partial charge in [-0.3, -0.25) is 0 Å². The molecule has 0 saturated heterocycles. The first kappa shape index (κ1) is 15.8. The van der Waals surface area contributed by atoms with Gasteiger partial charge in [-0.2, -0.15) is 0 Å². The molecule has 0 aliphatic carbocycles. The molecule has 0 aliphatic heterocycles. The van der Waals surface area contributed by atoms with Crippen LogP contribution in [0.5, 0.6) is 0 Å². The van der Waals surface area contributed by atoms with E-state index in [1.165, 1.54) is 0 Å². The highest BCUT2D eigenvalue weighted by Gasteiger charge is 2.08. The van der Waals surface area contributed by atoms with E-state index in [0.717, 1.165) is 11.1 Å². The van der Waals surface area contributed by atoms with E-state index in [-0.39, 0.29) is 5.88 Å². The van der Waals surface area contributed by atoms with Gasteiger partial charge in [0.25, 0.3) is 0 Å². The van der Waals surface area contributed by atoms with Gasteiger partial charge in [0, 0.05) is 5.03 Å². The molecule has 0 N–H and O–H groups in total. The van der Waals surface area contributed by atoms with Crippen molar-refractivity contribution in [1.82, 2.24) is 0 Å². The Morgan fingerprint density at radius 1 is 1.26 bits per heavy atom. The van der Waals surface area contributed by atoms with E-state index >= 15 is 0 Å². The van der Waals surface area contributed by atoms with Crippen LogP contribution < -0.4 is 0 Å². The Balaban J connectivity index is 2.88. The van der Waals surface area contributed by atoms with E-state index in [4.69, 9.17) is 27.9 Å². The lowest BCUT2D eigenvalue weighted by atomic mass is 10.1. The molecule has 0 heterocycles. The van der Waals surface area contributed by atoms with Crippen LogP contribution in [0.1, 0.15) is 18.1 Å². The van der Waals surface area contributed by atoms with Crippen molar-refractivity contribution in [2.75, 3.05) is 12.5 Å². The summed E-state index contributed by atoms with van der Waals surface area (Å²) in [6.45, 7) is 4.08. The Kier molecular flexibility index (Phi) is 6.68. The second-order valence-electron chi connectivity index (χ2n) is 3.93. The molecular weight excluding hydrogens is 283 g/mol. The van der Waals surface area contributed by atoms with Crippen LogP contribution in [0, 0.1) is 6.92 Å². The average Bonchev–Trinajstić information content (AvgIpc) is 2.40. The van der Waals surface area contributed by atoms with Crippen molar-refractivity contribution in [2.45, 2.75) is 13.8 Å². The minimum atomic E-state index is -0.415. The van der Waals surface area contributed by atoms with Gasteiger partial charge in [0.05, 0.1) is 18.1 Å². The molecule has 1 aromatic rings. The minimum Gasteiger partial charge on any atom is -0.463 e. The van der Waals surface area contributed by atoms with Gasteiger partial charge < -0.3 is 4.74 Å². The van der Waals surface area contributed by atoms with E-state index in [1.807, 2.05) is 31.2 Å². The van der Waals surface area contributed by atoms with Crippen LogP contribution in [0.2, 0.25) is 0 Å². The van der Waals surface area contributed by atoms with Gasteiger partial charge >= 0.3 is 5.97 Å². The summed E-state index contributed by atoms with van der Waals surface area (Å²) in [5.41, 5.74) is 2.44. The van der Waals surface area contributed by atoms with Crippen molar-refractivity contribution >= 4 is 34.2 Å².